The second-order valence-corrected chi connectivity index (χ2v) is 9.03. The Bertz CT molecular complexity index is 1110. The molecule has 1 aliphatic heterocycles. The van der Waals surface area contributed by atoms with E-state index in [0.29, 0.717) is 12.1 Å². The van der Waals surface area contributed by atoms with Gasteiger partial charge in [-0.25, -0.2) is 4.98 Å². The van der Waals surface area contributed by atoms with Crippen molar-refractivity contribution in [1.82, 2.24) is 24.8 Å². The number of rotatable bonds is 8. The molecule has 2 aromatic carbocycles. The maximum absolute atomic E-state index is 4.17. The number of benzene rings is 2. The highest BCUT2D eigenvalue weighted by atomic mass is 15.1. The summed E-state index contributed by atoms with van der Waals surface area (Å²) in [6.07, 6.45) is 12.6. The first kappa shape index (κ1) is 21.0. The van der Waals surface area contributed by atoms with Crippen molar-refractivity contribution in [1.29, 1.82) is 0 Å². The number of nitrogens with zero attached hydrogens (tertiary/aromatic N) is 3. The molecule has 0 bridgehead atoms. The quantitative estimate of drug-likeness (QED) is 0.411. The lowest BCUT2D eigenvalue weighted by atomic mass is 10.0. The van der Waals surface area contributed by atoms with E-state index < -0.39 is 0 Å². The number of nitrogens with one attached hydrogen (secondary N) is 2. The van der Waals surface area contributed by atoms with Crippen LogP contribution in [0.25, 0.3) is 16.6 Å². The smallest absolute Gasteiger partial charge is 0.0991 e. The third kappa shape index (κ3) is 4.79. The molecule has 2 aromatic heterocycles. The molecule has 5 heteroatoms. The average molecular weight is 428 g/mol. The van der Waals surface area contributed by atoms with E-state index in [-0.39, 0.29) is 0 Å². The summed E-state index contributed by atoms with van der Waals surface area (Å²) in [5.74, 6) is 0. The van der Waals surface area contributed by atoms with Gasteiger partial charge in [0, 0.05) is 47.3 Å². The summed E-state index contributed by atoms with van der Waals surface area (Å²) in [7, 11) is 0. The molecule has 4 aromatic rings. The lowest BCUT2D eigenvalue weighted by molar-refractivity contribution is 0.190. The van der Waals surface area contributed by atoms with E-state index in [2.05, 4.69) is 86.4 Å². The fraction of sp³-hybridized carbons (Fsp3) is 0.370. The second-order valence-electron chi connectivity index (χ2n) is 9.03. The van der Waals surface area contributed by atoms with Gasteiger partial charge in [-0.1, -0.05) is 30.3 Å². The first-order chi connectivity index (χ1) is 15.8. The van der Waals surface area contributed by atoms with Gasteiger partial charge in [-0.3, -0.25) is 0 Å². The van der Waals surface area contributed by atoms with Crippen molar-refractivity contribution in [3.8, 4) is 5.69 Å². The first-order valence-electron chi connectivity index (χ1n) is 11.9. The predicted molar refractivity (Wildman–Crippen MR) is 131 cm³/mol. The Morgan fingerprint density at radius 3 is 2.75 bits per heavy atom. The summed E-state index contributed by atoms with van der Waals surface area (Å²) in [4.78, 5) is 10.2. The number of fused-ring (bicyclic) bond motifs is 1. The van der Waals surface area contributed by atoms with Gasteiger partial charge in [0.15, 0.2) is 0 Å². The van der Waals surface area contributed by atoms with Crippen molar-refractivity contribution in [2.24, 2.45) is 0 Å². The Morgan fingerprint density at radius 2 is 1.97 bits per heavy atom. The van der Waals surface area contributed by atoms with E-state index in [1.807, 2.05) is 18.7 Å². The fourth-order valence-corrected chi connectivity index (χ4v) is 4.95. The van der Waals surface area contributed by atoms with Crippen LogP contribution >= 0.6 is 0 Å². The number of aromatic amines is 1. The fourth-order valence-electron chi connectivity index (χ4n) is 4.95. The molecule has 5 rings (SSSR count). The topological polar surface area (TPSA) is 48.9 Å². The van der Waals surface area contributed by atoms with E-state index in [1.54, 1.807) is 0 Å². The van der Waals surface area contributed by atoms with Crippen molar-refractivity contribution >= 4 is 10.9 Å². The lowest BCUT2D eigenvalue weighted by Crippen LogP contribution is -2.43. The van der Waals surface area contributed by atoms with Gasteiger partial charge in [-0.15, -0.1) is 0 Å². The van der Waals surface area contributed by atoms with Crippen LogP contribution in [0.15, 0.2) is 73.4 Å². The Labute approximate surface area is 190 Å². The lowest BCUT2D eigenvalue weighted by Gasteiger charge is -2.34. The average Bonchev–Trinajstić information content (AvgIpc) is 3.51. The molecule has 0 saturated carbocycles. The monoisotopic (exact) mass is 427 g/mol. The summed E-state index contributed by atoms with van der Waals surface area (Å²) < 4.78 is 2.06. The molecular formula is C27H33N5. The minimum Gasteiger partial charge on any atom is -0.361 e. The molecule has 5 nitrogen and oxygen atoms in total. The molecule has 1 aliphatic rings. The Morgan fingerprint density at radius 1 is 1.12 bits per heavy atom. The van der Waals surface area contributed by atoms with E-state index in [0.717, 1.165) is 12.1 Å². The standard InChI is InChI=1S/C27H33N5/c1-21(22-6-3-2-4-7-22)30-24-11-15-31(16-12-24)14-5-8-23-19-29-27-10-9-25(18-26(23)27)32-17-13-28-20-32/h2-4,6-7,9-10,13,17-21,24,29-30H,5,8,11-12,14-16H2,1H3. The minimum atomic E-state index is 0.418. The molecule has 1 saturated heterocycles. The number of H-pyrrole nitrogens is 1. The molecule has 0 amide bonds. The van der Waals surface area contributed by atoms with Crippen LogP contribution in [0, 0.1) is 0 Å². The largest absolute Gasteiger partial charge is 0.361 e. The van der Waals surface area contributed by atoms with Gasteiger partial charge < -0.3 is 19.8 Å². The Kier molecular flexibility index (Phi) is 6.37. The van der Waals surface area contributed by atoms with E-state index >= 15 is 0 Å². The summed E-state index contributed by atoms with van der Waals surface area (Å²) in [5.41, 5.74) is 5.17. The van der Waals surface area contributed by atoms with Crippen molar-refractivity contribution < 1.29 is 0 Å². The highest BCUT2D eigenvalue weighted by molar-refractivity contribution is 5.85. The maximum Gasteiger partial charge on any atom is 0.0991 e. The summed E-state index contributed by atoms with van der Waals surface area (Å²) in [6.45, 7) is 5.84. The van der Waals surface area contributed by atoms with E-state index in [4.69, 9.17) is 0 Å². The highest BCUT2D eigenvalue weighted by Crippen LogP contribution is 2.23. The molecule has 0 spiro atoms. The Hall–Kier alpha value is -2.89. The van der Waals surface area contributed by atoms with Crippen molar-refractivity contribution in [2.75, 3.05) is 19.6 Å². The van der Waals surface area contributed by atoms with Crippen LogP contribution in [0.1, 0.15) is 43.4 Å². The zero-order valence-corrected chi connectivity index (χ0v) is 18.9. The van der Waals surface area contributed by atoms with Gasteiger partial charge in [0.2, 0.25) is 0 Å². The SMILES string of the molecule is CC(NC1CCN(CCCc2c[nH]c3ccc(-n4ccnc4)cc23)CC1)c1ccccc1. The van der Waals surface area contributed by atoms with Gasteiger partial charge in [-0.05, 0) is 81.6 Å². The van der Waals surface area contributed by atoms with E-state index in [9.17, 15) is 0 Å². The van der Waals surface area contributed by atoms with Crippen LogP contribution in [0.3, 0.4) is 0 Å². The van der Waals surface area contributed by atoms with Crippen LogP contribution in [0.4, 0.5) is 0 Å². The van der Waals surface area contributed by atoms with Gasteiger partial charge in [-0.2, -0.15) is 0 Å². The molecule has 0 aliphatic carbocycles. The van der Waals surface area contributed by atoms with Crippen LogP contribution in [-0.4, -0.2) is 45.1 Å². The van der Waals surface area contributed by atoms with Crippen molar-refractivity contribution in [3.63, 3.8) is 0 Å². The first-order valence-corrected chi connectivity index (χ1v) is 11.9. The highest BCUT2D eigenvalue weighted by Gasteiger charge is 2.20. The van der Waals surface area contributed by atoms with Gasteiger partial charge in [0.25, 0.3) is 0 Å². The molecule has 0 radical (unpaired) electrons. The minimum absolute atomic E-state index is 0.418. The van der Waals surface area contributed by atoms with Gasteiger partial charge >= 0.3 is 0 Å². The summed E-state index contributed by atoms with van der Waals surface area (Å²) in [5, 5.41) is 5.16. The van der Waals surface area contributed by atoms with Crippen molar-refractivity contribution in [3.05, 3.63) is 84.6 Å². The third-order valence-electron chi connectivity index (χ3n) is 6.85. The molecule has 3 heterocycles. The molecule has 1 fully saturated rings. The van der Waals surface area contributed by atoms with Crippen LogP contribution in [-0.2, 0) is 6.42 Å². The second kappa shape index (κ2) is 9.72. The number of piperidine rings is 1. The predicted octanol–water partition coefficient (Wildman–Crippen LogP) is 5.10. The third-order valence-corrected chi connectivity index (χ3v) is 6.85. The number of aromatic nitrogens is 3. The number of imidazole rings is 1. The summed E-state index contributed by atoms with van der Waals surface area (Å²) >= 11 is 0. The molecule has 1 atom stereocenters. The normalized spacial score (nSPS) is 16.5. The number of hydrogen-bond donors (Lipinski definition) is 2. The van der Waals surface area contributed by atoms with Crippen LogP contribution in [0.5, 0.6) is 0 Å². The molecule has 32 heavy (non-hydrogen) atoms. The molecule has 1 unspecified atom stereocenters. The summed E-state index contributed by atoms with van der Waals surface area (Å²) in [6, 6.07) is 18.4. The van der Waals surface area contributed by atoms with Gasteiger partial charge in [0.1, 0.15) is 0 Å². The van der Waals surface area contributed by atoms with Crippen LogP contribution < -0.4 is 5.32 Å². The number of hydrogen-bond acceptors (Lipinski definition) is 3. The molecule has 2 N–H and O–H groups in total. The number of likely N-dealkylation sites (tertiary alicyclic amines) is 1. The zero-order valence-electron chi connectivity index (χ0n) is 18.9. The maximum atomic E-state index is 4.17. The number of aryl methyl sites for hydroxylation is 1. The molecule has 166 valence electrons. The van der Waals surface area contributed by atoms with Gasteiger partial charge in [0.05, 0.1) is 6.33 Å². The molecular weight excluding hydrogens is 394 g/mol. The Balaban J connectivity index is 1.10. The van der Waals surface area contributed by atoms with Crippen LogP contribution in [0.2, 0.25) is 0 Å². The zero-order chi connectivity index (χ0) is 21.8. The van der Waals surface area contributed by atoms with E-state index in [1.165, 1.54) is 60.9 Å². The van der Waals surface area contributed by atoms with Crippen molar-refractivity contribution in [2.45, 2.75) is 44.7 Å².